The van der Waals surface area contributed by atoms with Gasteiger partial charge < -0.3 is 9.32 Å². The molecule has 1 aromatic rings. The molecule has 0 radical (unpaired) electrons. The molecule has 1 fully saturated rings. The van der Waals surface area contributed by atoms with Crippen molar-refractivity contribution in [3.63, 3.8) is 0 Å². The van der Waals surface area contributed by atoms with Crippen LogP contribution in [0.25, 0.3) is 0 Å². The topological polar surface area (TPSA) is 33.5 Å². The lowest BCUT2D eigenvalue weighted by Crippen LogP contribution is -2.40. The van der Waals surface area contributed by atoms with Crippen molar-refractivity contribution in [3.8, 4) is 0 Å². The average molecular weight is 258 g/mol. The van der Waals surface area contributed by atoms with Crippen molar-refractivity contribution in [2.75, 3.05) is 13.1 Å². The molecule has 0 aromatic carbocycles. The molecular formula is C10H12BrNO2. The van der Waals surface area contributed by atoms with Gasteiger partial charge in [-0.25, -0.2) is 0 Å². The molecule has 2 rings (SSSR count). The van der Waals surface area contributed by atoms with E-state index in [2.05, 4.69) is 15.9 Å². The highest BCUT2D eigenvalue weighted by Gasteiger charge is 2.23. The number of amides is 1. The minimum absolute atomic E-state index is 0.0721. The third-order valence-electron chi connectivity index (χ3n) is 2.42. The Hall–Kier alpha value is -0.770. The summed E-state index contributed by atoms with van der Waals surface area (Å²) in [5.41, 5.74) is 0.645. The van der Waals surface area contributed by atoms with E-state index in [1.165, 1.54) is 12.5 Å². The predicted octanol–water partition coefficient (Wildman–Crippen LogP) is 2.28. The van der Waals surface area contributed by atoms with Gasteiger partial charge in [0, 0.05) is 17.9 Å². The predicted molar refractivity (Wildman–Crippen MR) is 56.6 cm³/mol. The van der Waals surface area contributed by atoms with Gasteiger partial charge in [0.15, 0.2) is 0 Å². The van der Waals surface area contributed by atoms with Gasteiger partial charge in [0.25, 0.3) is 5.91 Å². The summed E-state index contributed by atoms with van der Waals surface area (Å²) in [5.74, 6) is 0.0721. The number of alkyl halides is 1. The number of likely N-dealkylation sites (tertiary alicyclic amines) is 1. The number of halogens is 1. The maximum Gasteiger partial charge on any atom is 0.257 e. The van der Waals surface area contributed by atoms with E-state index in [1.54, 1.807) is 6.07 Å². The maximum absolute atomic E-state index is 11.9. The van der Waals surface area contributed by atoms with Crippen molar-refractivity contribution in [3.05, 3.63) is 24.2 Å². The lowest BCUT2D eigenvalue weighted by Gasteiger charge is -2.29. The van der Waals surface area contributed by atoms with Crippen LogP contribution in [0.1, 0.15) is 23.2 Å². The van der Waals surface area contributed by atoms with E-state index in [9.17, 15) is 4.79 Å². The van der Waals surface area contributed by atoms with Gasteiger partial charge in [-0.15, -0.1) is 0 Å². The van der Waals surface area contributed by atoms with E-state index in [1.807, 2.05) is 4.90 Å². The molecule has 0 N–H and O–H groups in total. The van der Waals surface area contributed by atoms with Gasteiger partial charge in [-0.05, 0) is 18.9 Å². The van der Waals surface area contributed by atoms with Crippen LogP contribution in [-0.4, -0.2) is 28.7 Å². The number of carbonyl (C=O) groups is 1. The number of hydrogen-bond donors (Lipinski definition) is 0. The Morgan fingerprint density at radius 1 is 1.64 bits per heavy atom. The molecule has 1 atom stereocenters. The van der Waals surface area contributed by atoms with Crippen molar-refractivity contribution >= 4 is 21.8 Å². The number of piperidine rings is 1. The third kappa shape index (κ3) is 2.00. The van der Waals surface area contributed by atoms with Crippen molar-refractivity contribution in [2.24, 2.45) is 0 Å². The van der Waals surface area contributed by atoms with Crippen molar-refractivity contribution in [2.45, 2.75) is 17.7 Å². The molecule has 14 heavy (non-hydrogen) atoms. The third-order valence-corrected chi connectivity index (χ3v) is 3.17. The fourth-order valence-corrected chi connectivity index (χ4v) is 2.35. The van der Waals surface area contributed by atoms with Gasteiger partial charge in [0.2, 0.25) is 0 Å². The van der Waals surface area contributed by atoms with Gasteiger partial charge in [0.05, 0.1) is 11.8 Å². The van der Waals surface area contributed by atoms with Crippen LogP contribution in [0.3, 0.4) is 0 Å². The van der Waals surface area contributed by atoms with Crippen LogP contribution in [-0.2, 0) is 0 Å². The van der Waals surface area contributed by atoms with E-state index >= 15 is 0 Å². The molecule has 1 saturated heterocycles. The van der Waals surface area contributed by atoms with Gasteiger partial charge in [-0.1, -0.05) is 15.9 Å². The Bertz CT molecular complexity index is 310. The molecule has 0 bridgehead atoms. The Labute approximate surface area is 91.2 Å². The van der Waals surface area contributed by atoms with Crippen molar-refractivity contribution in [1.29, 1.82) is 0 Å². The summed E-state index contributed by atoms with van der Waals surface area (Å²) in [6.07, 6.45) is 5.25. The average Bonchev–Trinajstić information content (AvgIpc) is 2.69. The molecule has 4 heteroatoms. The molecule has 1 aliphatic heterocycles. The first kappa shape index (κ1) is 9.77. The second kappa shape index (κ2) is 4.17. The van der Waals surface area contributed by atoms with E-state index in [0.717, 1.165) is 25.9 Å². The van der Waals surface area contributed by atoms with Crippen LogP contribution in [0.5, 0.6) is 0 Å². The van der Waals surface area contributed by atoms with Crippen LogP contribution < -0.4 is 0 Å². The SMILES string of the molecule is O=C(c1ccoc1)N1CCCC(Br)C1. The summed E-state index contributed by atoms with van der Waals surface area (Å²) < 4.78 is 4.89. The first-order valence-electron chi connectivity index (χ1n) is 4.73. The molecule has 3 nitrogen and oxygen atoms in total. The molecule has 1 amide bonds. The molecule has 1 unspecified atom stereocenters. The normalized spacial score (nSPS) is 22.4. The Balaban J connectivity index is 2.04. The second-order valence-corrected chi connectivity index (χ2v) is 4.80. The Morgan fingerprint density at radius 3 is 3.14 bits per heavy atom. The fourth-order valence-electron chi connectivity index (χ4n) is 1.68. The van der Waals surface area contributed by atoms with E-state index in [0.29, 0.717) is 10.4 Å². The van der Waals surface area contributed by atoms with Crippen molar-refractivity contribution in [1.82, 2.24) is 4.90 Å². The largest absolute Gasteiger partial charge is 0.472 e. The standard InChI is InChI=1S/C10H12BrNO2/c11-9-2-1-4-12(6-9)10(13)8-3-5-14-7-8/h3,5,7,9H,1-2,4,6H2. The van der Waals surface area contributed by atoms with Crippen LogP contribution in [0.2, 0.25) is 0 Å². The maximum atomic E-state index is 11.9. The molecule has 1 aliphatic rings. The van der Waals surface area contributed by atoms with E-state index in [4.69, 9.17) is 4.42 Å². The quantitative estimate of drug-likeness (QED) is 0.724. The monoisotopic (exact) mass is 257 g/mol. The molecule has 2 heterocycles. The fraction of sp³-hybridized carbons (Fsp3) is 0.500. The zero-order chi connectivity index (χ0) is 9.97. The molecule has 0 aliphatic carbocycles. The second-order valence-electron chi connectivity index (χ2n) is 3.50. The number of rotatable bonds is 1. The number of nitrogens with zero attached hydrogens (tertiary/aromatic N) is 1. The Kier molecular flexibility index (Phi) is 2.91. The molecular weight excluding hydrogens is 246 g/mol. The van der Waals surface area contributed by atoms with Crippen LogP contribution in [0.15, 0.2) is 23.0 Å². The minimum Gasteiger partial charge on any atom is -0.472 e. The first-order chi connectivity index (χ1) is 6.77. The zero-order valence-corrected chi connectivity index (χ0v) is 9.37. The highest BCUT2D eigenvalue weighted by Crippen LogP contribution is 2.18. The molecule has 1 aromatic heterocycles. The van der Waals surface area contributed by atoms with Gasteiger partial charge in [-0.3, -0.25) is 4.79 Å². The highest BCUT2D eigenvalue weighted by atomic mass is 79.9. The number of furan rings is 1. The summed E-state index contributed by atoms with van der Waals surface area (Å²) in [4.78, 5) is 14.2. The van der Waals surface area contributed by atoms with Crippen LogP contribution >= 0.6 is 15.9 Å². The summed E-state index contributed by atoms with van der Waals surface area (Å²) >= 11 is 3.54. The smallest absolute Gasteiger partial charge is 0.257 e. The van der Waals surface area contributed by atoms with Gasteiger partial charge >= 0.3 is 0 Å². The Morgan fingerprint density at radius 2 is 2.50 bits per heavy atom. The zero-order valence-electron chi connectivity index (χ0n) is 7.78. The lowest BCUT2D eigenvalue weighted by atomic mass is 10.1. The summed E-state index contributed by atoms with van der Waals surface area (Å²) in [7, 11) is 0. The van der Waals surface area contributed by atoms with Gasteiger partial charge in [0.1, 0.15) is 6.26 Å². The summed E-state index contributed by atoms with van der Waals surface area (Å²) in [6.45, 7) is 1.65. The minimum atomic E-state index is 0.0721. The highest BCUT2D eigenvalue weighted by molar-refractivity contribution is 9.09. The summed E-state index contributed by atoms with van der Waals surface area (Å²) in [6, 6.07) is 1.71. The van der Waals surface area contributed by atoms with E-state index < -0.39 is 0 Å². The van der Waals surface area contributed by atoms with Crippen LogP contribution in [0.4, 0.5) is 0 Å². The lowest BCUT2D eigenvalue weighted by molar-refractivity contribution is 0.0729. The van der Waals surface area contributed by atoms with Crippen LogP contribution in [0, 0.1) is 0 Å². The molecule has 76 valence electrons. The number of hydrogen-bond acceptors (Lipinski definition) is 2. The molecule has 0 saturated carbocycles. The summed E-state index contributed by atoms with van der Waals surface area (Å²) in [5, 5.41) is 0. The van der Waals surface area contributed by atoms with Crippen molar-refractivity contribution < 1.29 is 9.21 Å². The first-order valence-corrected chi connectivity index (χ1v) is 5.64. The molecule has 0 spiro atoms. The van der Waals surface area contributed by atoms with E-state index in [-0.39, 0.29) is 5.91 Å². The van der Waals surface area contributed by atoms with Gasteiger partial charge in [-0.2, -0.15) is 0 Å². The number of carbonyl (C=O) groups excluding carboxylic acids is 1.